The molecule has 1 N–H and O–H groups in total. The highest BCUT2D eigenvalue weighted by atomic mass is 16.3. The minimum absolute atomic E-state index is 0.0532. The van der Waals surface area contributed by atoms with Crippen molar-refractivity contribution in [3.05, 3.63) is 114 Å². The quantitative estimate of drug-likeness (QED) is 0.318. The molecule has 5 rings (SSSR count). The minimum Gasteiger partial charge on any atom is -0.467 e. The second-order valence-electron chi connectivity index (χ2n) is 8.54. The Balaban J connectivity index is 1.46. The first-order chi connectivity index (χ1) is 18.2. The number of furan rings is 1. The van der Waals surface area contributed by atoms with Gasteiger partial charge in [0.15, 0.2) is 0 Å². The largest absolute Gasteiger partial charge is 0.467 e. The third-order valence-electron chi connectivity index (χ3n) is 6.11. The van der Waals surface area contributed by atoms with E-state index in [4.69, 9.17) is 4.42 Å². The third kappa shape index (κ3) is 5.72. The maximum Gasteiger partial charge on any atom is 0.247 e. The second-order valence-corrected chi connectivity index (χ2v) is 8.54. The van der Waals surface area contributed by atoms with E-state index < -0.39 is 6.04 Å². The van der Waals surface area contributed by atoms with Crippen LogP contribution in [0.15, 0.2) is 102 Å². The van der Waals surface area contributed by atoms with Gasteiger partial charge in [-0.05, 0) is 53.9 Å². The van der Waals surface area contributed by atoms with Crippen molar-refractivity contribution in [3.63, 3.8) is 0 Å². The fourth-order valence-corrected chi connectivity index (χ4v) is 4.25. The molecule has 0 bridgehead atoms. The van der Waals surface area contributed by atoms with Gasteiger partial charge in [0.2, 0.25) is 11.8 Å². The number of aromatic nitrogens is 4. The van der Waals surface area contributed by atoms with E-state index in [2.05, 4.69) is 20.6 Å². The molecule has 0 spiro atoms. The summed E-state index contributed by atoms with van der Waals surface area (Å²) in [6.07, 6.45) is 5.37. The van der Waals surface area contributed by atoms with E-state index in [1.54, 1.807) is 52.5 Å². The Morgan fingerprint density at radius 2 is 1.73 bits per heavy atom. The van der Waals surface area contributed by atoms with Crippen LogP contribution < -0.4 is 5.32 Å². The molecule has 186 valence electrons. The van der Waals surface area contributed by atoms with Gasteiger partial charge in [-0.25, -0.2) is 4.68 Å². The van der Waals surface area contributed by atoms with Crippen molar-refractivity contribution in [2.45, 2.75) is 25.6 Å². The van der Waals surface area contributed by atoms with Gasteiger partial charge in [-0.2, -0.15) is 0 Å². The first kappa shape index (κ1) is 23.9. The molecule has 2 amide bonds. The van der Waals surface area contributed by atoms with E-state index in [9.17, 15) is 9.59 Å². The zero-order chi connectivity index (χ0) is 25.5. The summed E-state index contributed by atoms with van der Waals surface area (Å²) in [6.45, 7) is 0.487. The molecule has 3 heterocycles. The summed E-state index contributed by atoms with van der Waals surface area (Å²) in [5.41, 5.74) is 3.18. The van der Waals surface area contributed by atoms with Crippen LogP contribution in [-0.4, -0.2) is 43.2 Å². The van der Waals surface area contributed by atoms with Crippen LogP contribution in [0.25, 0.3) is 11.0 Å². The normalized spacial score (nSPS) is 11.8. The van der Waals surface area contributed by atoms with E-state index in [0.717, 1.165) is 11.1 Å². The van der Waals surface area contributed by atoms with Crippen molar-refractivity contribution in [2.24, 2.45) is 0 Å². The molecule has 0 fully saturated rings. The first-order valence-electron chi connectivity index (χ1n) is 12.0. The first-order valence-corrected chi connectivity index (χ1v) is 12.0. The van der Waals surface area contributed by atoms with Crippen LogP contribution in [0.4, 0.5) is 0 Å². The van der Waals surface area contributed by atoms with E-state index in [-0.39, 0.29) is 24.9 Å². The van der Waals surface area contributed by atoms with Gasteiger partial charge in [0.05, 0.1) is 18.3 Å². The fourth-order valence-electron chi connectivity index (χ4n) is 4.25. The Hall–Kier alpha value is -4.79. The lowest BCUT2D eigenvalue weighted by Crippen LogP contribution is -2.45. The standard InChI is InChI=1S/C28H26N6O3/c35-26(20-34-25-11-5-4-10-24(25)31-32-34)33(17-14-21-7-2-1-3-8-21)27(22-12-15-29-16-13-22)28(36)30-19-23-9-6-18-37-23/h1-13,15-16,18,27H,14,17,19-20H2,(H,30,36). The van der Waals surface area contributed by atoms with E-state index >= 15 is 0 Å². The number of rotatable bonds is 10. The van der Waals surface area contributed by atoms with E-state index in [0.29, 0.717) is 29.8 Å². The van der Waals surface area contributed by atoms with Crippen molar-refractivity contribution in [1.29, 1.82) is 0 Å². The van der Waals surface area contributed by atoms with Gasteiger partial charge in [-0.15, -0.1) is 5.10 Å². The van der Waals surface area contributed by atoms with Crippen LogP contribution in [0.3, 0.4) is 0 Å². The monoisotopic (exact) mass is 494 g/mol. The number of para-hydroxylation sites is 1. The lowest BCUT2D eigenvalue weighted by molar-refractivity contribution is -0.141. The van der Waals surface area contributed by atoms with Gasteiger partial charge < -0.3 is 14.6 Å². The topological polar surface area (TPSA) is 106 Å². The predicted octanol–water partition coefficient (Wildman–Crippen LogP) is 3.55. The lowest BCUT2D eigenvalue weighted by atomic mass is 10.0. The molecule has 0 aliphatic carbocycles. The zero-order valence-electron chi connectivity index (χ0n) is 20.1. The molecule has 0 aliphatic heterocycles. The molecule has 37 heavy (non-hydrogen) atoms. The summed E-state index contributed by atoms with van der Waals surface area (Å²) in [4.78, 5) is 33.2. The van der Waals surface area contributed by atoms with E-state index in [1.807, 2.05) is 54.6 Å². The number of nitrogens with zero attached hydrogens (tertiary/aromatic N) is 5. The Morgan fingerprint density at radius 1 is 0.946 bits per heavy atom. The van der Waals surface area contributed by atoms with Crippen LogP contribution in [0.5, 0.6) is 0 Å². The number of benzene rings is 2. The number of pyridine rings is 1. The summed E-state index contributed by atoms with van der Waals surface area (Å²) in [5, 5.41) is 11.3. The summed E-state index contributed by atoms with van der Waals surface area (Å²) in [7, 11) is 0. The molecule has 0 saturated carbocycles. The highest BCUT2D eigenvalue weighted by Gasteiger charge is 2.32. The molecule has 9 nitrogen and oxygen atoms in total. The summed E-state index contributed by atoms with van der Waals surface area (Å²) >= 11 is 0. The van der Waals surface area contributed by atoms with Crippen molar-refractivity contribution in [2.75, 3.05) is 6.54 Å². The molecule has 2 aromatic carbocycles. The molecule has 1 unspecified atom stereocenters. The second kappa shape index (κ2) is 11.3. The molecule has 5 aromatic rings. The smallest absolute Gasteiger partial charge is 0.247 e. The minimum atomic E-state index is -0.871. The average Bonchev–Trinajstić information content (AvgIpc) is 3.61. The number of hydrogen-bond acceptors (Lipinski definition) is 6. The highest BCUT2D eigenvalue weighted by molar-refractivity contribution is 5.89. The highest BCUT2D eigenvalue weighted by Crippen LogP contribution is 2.23. The number of hydrogen-bond donors (Lipinski definition) is 1. The van der Waals surface area contributed by atoms with Gasteiger partial charge in [-0.1, -0.05) is 47.7 Å². The van der Waals surface area contributed by atoms with Gasteiger partial charge in [0, 0.05) is 18.9 Å². The van der Waals surface area contributed by atoms with Crippen LogP contribution in [-0.2, 0) is 29.1 Å². The van der Waals surface area contributed by atoms with Crippen molar-refractivity contribution in [3.8, 4) is 0 Å². The number of amides is 2. The Morgan fingerprint density at radius 3 is 2.51 bits per heavy atom. The Bertz CT molecular complexity index is 1450. The average molecular weight is 495 g/mol. The van der Waals surface area contributed by atoms with Gasteiger partial charge in [0.25, 0.3) is 0 Å². The Labute approximate surface area is 213 Å². The number of nitrogens with one attached hydrogen (secondary N) is 1. The van der Waals surface area contributed by atoms with Gasteiger partial charge in [-0.3, -0.25) is 14.6 Å². The molecule has 3 aromatic heterocycles. The van der Waals surface area contributed by atoms with Crippen LogP contribution in [0.1, 0.15) is 22.9 Å². The molecule has 0 radical (unpaired) electrons. The van der Waals surface area contributed by atoms with Crippen LogP contribution in [0, 0.1) is 0 Å². The molecule has 1 atom stereocenters. The predicted molar refractivity (Wildman–Crippen MR) is 137 cm³/mol. The molecule has 0 saturated heterocycles. The number of carbonyl (C=O) groups excluding carboxylic acids is 2. The van der Waals surface area contributed by atoms with E-state index in [1.165, 1.54) is 0 Å². The lowest BCUT2D eigenvalue weighted by Gasteiger charge is -2.31. The third-order valence-corrected chi connectivity index (χ3v) is 6.11. The molecular weight excluding hydrogens is 468 g/mol. The number of fused-ring (bicyclic) bond motifs is 1. The van der Waals surface area contributed by atoms with Crippen molar-refractivity contribution < 1.29 is 14.0 Å². The fraction of sp³-hybridized carbons (Fsp3) is 0.179. The summed E-state index contributed by atoms with van der Waals surface area (Å²) < 4.78 is 6.94. The molecule has 9 heteroatoms. The van der Waals surface area contributed by atoms with Crippen LogP contribution >= 0.6 is 0 Å². The van der Waals surface area contributed by atoms with Gasteiger partial charge >= 0.3 is 0 Å². The zero-order valence-corrected chi connectivity index (χ0v) is 20.1. The van der Waals surface area contributed by atoms with Crippen molar-refractivity contribution >= 4 is 22.8 Å². The van der Waals surface area contributed by atoms with Gasteiger partial charge in [0.1, 0.15) is 23.9 Å². The maximum atomic E-state index is 13.9. The molecular formula is C28H26N6O3. The maximum absolute atomic E-state index is 13.9. The Kier molecular flexibility index (Phi) is 7.31. The summed E-state index contributed by atoms with van der Waals surface area (Å²) in [6, 6.07) is 23.5. The number of carbonyl (C=O) groups is 2. The van der Waals surface area contributed by atoms with Crippen molar-refractivity contribution in [1.82, 2.24) is 30.2 Å². The molecule has 0 aliphatic rings. The summed E-state index contributed by atoms with van der Waals surface area (Å²) in [5.74, 6) is 0.0621. The SMILES string of the molecule is O=C(NCc1ccco1)C(c1ccncc1)N(CCc1ccccc1)C(=O)Cn1nnc2ccccc21. The van der Waals surface area contributed by atoms with Crippen LogP contribution in [0.2, 0.25) is 0 Å².